The van der Waals surface area contributed by atoms with E-state index in [1.807, 2.05) is 0 Å². The van der Waals surface area contributed by atoms with Crippen molar-refractivity contribution in [3.63, 3.8) is 0 Å². The molecule has 6 heteroatoms. The van der Waals surface area contributed by atoms with Crippen molar-refractivity contribution < 1.29 is 23.1 Å². The van der Waals surface area contributed by atoms with Gasteiger partial charge in [0.1, 0.15) is 6.16 Å². The summed E-state index contributed by atoms with van der Waals surface area (Å²) >= 11 is 0. The van der Waals surface area contributed by atoms with Crippen LogP contribution in [0.3, 0.4) is 0 Å². The highest BCUT2D eigenvalue weighted by Gasteiger charge is 2.41. The average Bonchev–Trinajstić information content (AvgIpc) is 3.12. The van der Waals surface area contributed by atoms with E-state index in [1.54, 1.807) is 0 Å². The number of hydrogen-bond donors (Lipinski definition) is 0. The van der Waals surface area contributed by atoms with Crippen LogP contribution in [0.15, 0.2) is 0 Å². The van der Waals surface area contributed by atoms with Crippen LogP contribution in [-0.4, -0.2) is 30.9 Å². The first-order valence-corrected chi connectivity index (χ1v) is 7.39. The molecule has 0 unspecified atom stereocenters. The minimum absolute atomic E-state index is 0.0278. The smallest absolute Gasteiger partial charge is 0.342 e. The van der Waals surface area contributed by atoms with Gasteiger partial charge in [0.05, 0.1) is 12.2 Å². The van der Waals surface area contributed by atoms with Crippen molar-refractivity contribution in [3.05, 3.63) is 0 Å². The Bertz CT molecular complexity index is 360. The molecule has 0 spiro atoms. The maximum absolute atomic E-state index is 12.3. The Morgan fingerprint density at radius 3 is 2.18 bits per heavy atom. The SMILES string of the molecule is C#CCOC(=O)CP(=O)(OC1CC1)OC1CC1. The molecule has 2 fully saturated rings. The molecule has 0 N–H and O–H groups in total. The molecule has 0 bridgehead atoms. The fourth-order valence-electron chi connectivity index (χ4n) is 1.23. The lowest BCUT2D eigenvalue weighted by Gasteiger charge is -2.17. The number of rotatable bonds is 7. The molecular weight excluding hydrogens is 243 g/mol. The third-order valence-electron chi connectivity index (χ3n) is 2.31. The van der Waals surface area contributed by atoms with E-state index in [4.69, 9.17) is 15.5 Å². The maximum Gasteiger partial charge on any atom is 0.342 e. The molecule has 2 aliphatic rings. The van der Waals surface area contributed by atoms with E-state index >= 15 is 0 Å². The minimum Gasteiger partial charge on any atom is -0.452 e. The second kappa shape index (κ2) is 5.22. The summed E-state index contributed by atoms with van der Waals surface area (Å²) in [6.07, 6.45) is 8.05. The lowest BCUT2D eigenvalue weighted by Crippen LogP contribution is -2.14. The summed E-state index contributed by atoms with van der Waals surface area (Å²) < 4.78 is 27.6. The number of carbonyl (C=O) groups excluding carboxylic acids is 1. The first-order valence-electron chi connectivity index (χ1n) is 5.66. The molecule has 17 heavy (non-hydrogen) atoms. The van der Waals surface area contributed by atoms with Crippen molar-refractivity contribution in [1.82, 2.24) is 0 Å². The Morgan fingerprint density at radius 2 is 1.76 bits per heavy atom. The van der Waals surface area contributed by atoms with Gasteiger partial charge in [-0.15, -0.1) is 6.42 Å². The highest BCUT2D eigenvalue weighted by atomic mass is 31.2. The van der Waals surface area contributed by atoms with Crippen molar-refractivity contribution in [2.45, 2.75) is 37.9 Å². The Hall–Kier alpha value is -0.820. The molecule has 0 saturated heterocycles. The zero-order valence-corrected chi connectivity index (χ0v) is 10.4. The van der Waals surface area contributed by atoms with E-state index in [1.165, 1.54) is 0 Å². The van der Waals surface area contributed by atoms with Crippen molar-refractivity contribution in [2.24, 2.45) is 0 Å². The number of terminal acetylenes is 1. The van der Waals surface area contributed by atoms with Crippen LogP contribution in [0.25, 0.3) is 0 Å². The molecule has 5 nitrogen and oxygen atoms in total. The van der Waals surface area contributed by atoms with E-state index < -0.39 is 13.6 Å². The summed E-state index contributed by atoms with van der Waals surface area (Å²) in [7, 11) is -3.35. The molecule has 0 aromatic carbocycles. The van der Waals surface area contributed by atoms with Gasteiger partial charge in [-0.1, -0.05) is 5.92 Å². The Morgan fingerprint density at radius 1 is 1.24 bits per heavy atom. The monoisotopic (exact) mass is 258 g/mol. The van der Waals surface area contributed by atoms with E-state index in [0.717, 1.165) is 25.7 Å². The van der Waals surface area contributed by atoms with Crippen LogP contribution in [0.5, 0.6) is 0 Å². The molecule has 2 saturated carbocycles. The van der Waals surface area contributed by atoms with Crippen molar-refractivity contribution >= 4 is 13.6 Å². The predicted octanol–water partition coefficient (Wildman–Crippen LogP) is 1.71. The molecule has 2 rings (SSSR count). The van der Waals surface area contributed by atoms with Gasteiger partial charge in [-0.2, -0.15) is 0 Å². The van der Waals surface area contributed by atoms with Gasteiger partial charge < -0.3 is 13.8 Å². The Balaban J connectivity index is 1.86. The van der Waals surface area contributed by atoms with E-state index in [-0.39, 0.29) is 25.0 Å². The molecular formula is C11H15O5P. The average molecular weight is 258 g/mol. The van der Waals surface area contributed by atoms with Crippen LogP contribution in [0.1, 0.15) is 25.7 Å². The summed E-state index contributed by atoms with van der Waals surface area (Å²) in [5, 5.41) is 0. The third kappa shape index (κ3) is 4.51. The van der Waals surface area contributed by atoms with Gasteiger partial charge in [0, 0.05) is 0 Å². The highest BCUT2D eigenvalue weighted by molar-refractivity contribution is 7.54. The highest BCUT2D eigenvalue weighted by Crippen LogP contribution is 2.56. The van der Waals surface area contributed by atoms with Crippen LogP contribution in [0.4, 0.5) is 0 Å². The molecule has 0 heterocycles. The topological polar surface area (TPSA) is 61.8 Å². The Kier molecular flexibility index (Phi) is 3.88. The maximum atomic E-state index is 12.3. The fraction of sp³-hybridized carbons (Fsp3) is 0.727. The molecule has 2 aliphatic carbocycles. The lowest BCUT2D eigenvalue weighted by atomic mass is 10.7. The van der Waals surface area contributed by atoms with Crippen LogP contribution < -0.4 is 0 Å². The zero-order chi connectivity index (χ0) is 12.3. The lowest BCUT2D eigenvalue weighted by molar-refractivity contribution is -0.139. The van der Waals surface area contributed by atoms with Gasteiger partial charge in [0.15, 0.2) is 6.61 Å². The third-order valence-corrected chi connectivity index (χ3v) is 4.19. The molecule has 0 amide bonds. The summed E-state index contributed by atoms with van der Waals surface area (Å²) in [4.78, 5) is 11.4. The van der Waals surface area contributed by atoms with Gasteiger partial charge in [-0.3, -0.25) is 9.36 Å². The molecule has 0 radical (unpaired) electrons. The minimum atomic E-state index is -3.35. The summed E-state index contributed by atoms with van der Waals surface area (Å²) in [5.74, 6) is 1.54. The number of carbonyl (C=O) groups is 1. The number of hydrogen-bond acceptors (Lipinski definition) is 5. The summed E-state index contributed by atoms with van der Waals surface area (Å²) in [6, 6.07) is 0. The van der Waals surface area contributed by atoms with Gasteiger partial charge >= 0.3 is 13.6 Å². The van der Waals surface area contributed by atoms with E-state index in [9.17, 15) is 9.36 Å². The Labute approximate surface area is 100 Å². The van der Waals surface area contributed by atoms with Gasteiger partial charge in [0.25, 0.3) is 0 Å². The molecule has 0 atom stereocenters. The van der Waals surface area contributed by atoms with Crippen LogP contribution in [-0.2, 0) is 23.1 Å². The molecule has 94 valence electrons. The largest absolute Gasteiger partial charge is 0.452 e. The van der Waals surface area contributed by atoms with Crippen LogP contribution >= 0.6 is 7.60 Å². The van der Waals surface area contributed by atoms with Crippen molar-refractivity contribution in [2.75, 3.05) is 12.8 Å². The quantitative estimate of drug-likeness (QED) is 0.395. The first-order chi connectivity index (χ1) is 8.11. The van der Waals surface area contributed by atoms with Crippen molar-refractivity contribution in [3.8, 4) is 12.3 Å². The summed E-state index contributed by atoms with van der Waals surface area (Å²) in [6.45, 7) is -0.119. The van der Waals surface area contributed by atoms with Gasteiger partial charge in [0.2, 0.25) is 0 Å². The standard InChI is InChI=1S/C11H15O5P/c1-2-7-14-11(12)8-17(13,15-9-3-4-9)16-10-5-6-10/h1,9-10H,3-8H2. The number of ether oxygens (including phenoxy) is 1. The molecule has 0 aliphatic heterocycles. The van der Waals surface area contributed by atoms with Crippen LogP contribution in [0.2, 0.25) is 0 Å². The van der Waals surface area contributed by atoms with Crippen LogP contribution in [0, 0.1) is 12.3 Å². The fourth-order valence-corrected chi connectivity index (χ4v) is 3.16. The first kappa shape index (κ1) is 12.6. The van der Waals surface area contributed by atoms with E-state index in [2.05, 4.69) is 10.7 Å². The second-order valence-corrected chi connectivity index (χ2v) is 6.20. The molecule has 0 aromatic rings. The number of esters is 1. The summed E-state index contributed by atoms with van der Waals surface area (Å²) in [5.41, 5.74) is 0. The molecule has 0 aromatic heterocycles. The van der Waals surface area contributed by atoms with Crippen molar-refractivity contribution in [1.29, 1.82) is 0 Å². The van der Waals surface area contributed by atoms with E-state index in [0.29, 0.717) is 0 Å². The predicted molar refractivity (Wildman–Crippen MR) is 60.5 cm³/mol. The van der Waals surface area contributed by atoms with Gasteiger partial charge in [-0.05, 0) is 25.7 Å². The van der Waals surface area contributed by atoms with Gasteiger partial charge in [-0.25, -0.2) is 0 Å². The zero-order valence-electron chi connectivity index (χ0n) is 9.46. The second-order valence-electron chi connectivity index (χ2n) is 4.24. The normalized spacial score (nSPS) is 19.7.